The Balaban J connectivity index is 1.76. The third kappa shape index (κ3) is 4.79. The van der Waals surface area contributed by atoms with Gasteiger partial charge in [0.15, 0.2) is 18.1 Å². The summed E-state index contributed by atoms with van der Waals surface area (Å²) in [5.74, 6) is -1.61. The highest BCUT2D eigenvalue weighted by molar-refractivity contribution is 6.32. The first-order valence-corrected chi connectivity index (χ1v) is 9.04. The summed E-state index contributed by atoms with van der Waals surface area (Å²) in [6.07, 6.45) is 1.32. The number of rotatable bonds is 7. The number of carboxylic acid groups (broad SMARTS) is 1. The van der Waals surface area contributed by atoms with Crippen molar-refractivity contribution in [2.24, 2.45) is 5.10 Å². The van der Waals surface area contributed by atoms with Gasteiger partial charge in [0.2, 0.25) is 0 Å². The lowest BCUT2D eigenvalue weighted by Gasteiger charge is -2.11. The van der Waals surface area contributed by atoms with Gasteiger partial charge in [-0.25, -0.2) is 10.2 Å². The molecule has 0 bridgehead atoms. The van der Waals surface area contributed by atoms with Crippen molar-refractivity contribution in [1.82, 2.24) is 5.43 Å². The predicted octanol–water partition coefficient (Wildman–Crippen LogP) is 3.43. The molecule has 9 heteroatoms. The summed E-state index contributed by atoms with van der Waals surface area (Å²) in [5.41, 5.74) is 2.90. The number of carbonyl (C=O) groups excluding carboxylic acids is 1. The molecule has 0 spiro atoms. The Morgan fingerprint density at radius 3 is 2.53 bits per heavy atom. The molecule has 0 saturated carbocycles. The zero-order valence-corrected chi connectivity index (χ0v) is 16.5. The van der Waals surface area contributed by atoms with Gasteiger partial charge in [-0.05, 0) is 40.6 Å². The van der Waals surface area contributed by atoms with E-state index in [9.17, 15) is 14.7 Å². The highest BCUT2D eigenvalue weighted by Crippen LogP contribution is 2.36. The number of phenolic OH excluding ortho intramolecular Hbond substituents is 1. The number of halogens is 1. The number of carboxylic acids is 1. The zero-order valence-electron chi connectivity index (χ0n) is 15.8. The molecule has 0 heterocycles. The molecule has 154 valence electrons. The molecule has 0 aliphatic carbocycles. The third-order valence-electron chi connectivity index (χ3n) is 4.08. The largest absolute Gasteiger partial charge is 0.507 e. The summed E-state index contributed by atoms with van der Waals surface area (Å²) in [7, 11) is 1.38. The van der Waals surface area contributed by atoms with Crippen LogP contribution in [0.5, 0.6) is 17.2 Å². The second kappa shape index (κ2) is 9.15. The quantitative estimate of drug-likeness (QED) is 0.392. The van der Waals surface area contributed by atoms with Crippen molar-refractivity contribution in [3.05, 3.63) is 64.7 Å². The molecular formula is C21H17ClN2O6. The minimum atomic E-state index is -1.15. The van der Waals surface area contributed by atoms with Crippen molar-refractivity contribution in [3.8, 4) is 17.2 Å². The normalized spacial score (nSPS) is 10.9. The molecule has 3 rings (SSSR count). The van der Waals surface area contributed by atoms with E-state index >= 15 is 0 Å². The van der Waals surface area contributed by atoms with Crippen LogP contribution in [0.25, 0.3) is 10.8 Å². The molecule has 0 fully saturated rings. The average molecular weight is 429 g/mol. The number of nitrogens with one attached hydrogen (secondary N) is 1. The molecule has 0 radical (unpaired) electrons. The van der Waals surface area contributed by atoms with Crippen LogP contribution in [0.2, 0.25) is 5.02 Å². The molecular weight excluding hydrogens is 412 g/mol. The molecule has 3 N–H and O–H groups in total. The van der Waals surface area contributed by atoms with Crippen molar-refractivity contribution in [2.45, 2.75) is 0 Å². The van der Waals surface area contributed by atoms with Crippen LogP contribution in [-0.2, 0) is 4.79 Å². The fraction of sp³-hybridized carbons (Fsp3) is 0.0952. The van der Waals surface area contributed by atoms with Gasteiger partial charge < -0.3 is 19.7 Å². The van der Waals surface area contributed by atoms with E-state index in [-0.39, 0.29) is 27.8 Å². The van der Waals surface area contributed by atoms with E-state index in [1.807, 2.05) is 24.3 Å². The molecule has 8 nitrogen and oxygen atoms in total. The Bertz CT molecular complexity index is 1150. The molecule has 0 aliphatic rings. The highest BCUT2D eigenvalue weighted by Gasteiger charge is 2.14. The van der Waals surface area contributed by atoms with Gasteiger partial charge in [0, 0.05) is 0 Å². The number of nitrogens with zero attached hydrogens (tertiary/aromatic N) is 1. The number of amides is 1. The van der Waals surface area contributed by atoms with Crippen molar-refractivity contribution in [2.75, 3.05) is 13.7 Å². The van der Waals surface area contributed by atoms with Crippen LogP contribution in [0, 0.1) is 0 Å². The van der Waals surface area contributed by atoms with E-state index in [2.05, 4.69) is 10.5 Å². The van der Waals surface area contributed by atoms with Crippen LogP contribution in [0.15, 0.2) is 53.6 Å². The number of carbonyl (C=O) groups is 2. The van der Waals surface area contributed by atoms with Crippen LogP contribution in [0.1, 0.15) is 15.9 Å². The number of aliphatic carboxylic acids is 1. The first kappa shape index (κ1) is 20.9. The standard InChI is InChI=1S/C21H17ClN2O6/c1-29-18-7-12(6-16(22)20(18)30-11-19(26)27)10-23-24-21(28)15-8-13-4-2-3-5-14(13)9-17(15)25/h2-10,25H,11H2,1H3,(H,24,28)(H,26,27). The Kier molecular flexibility index (Phi) is 6.38. The van der Waals surface area contributed by atoms with Gasteiger partial charge >= 0.3 is 5.97 Å². The Labute approximate surface area is 176 Å². The molecule has 0 aliphatic heterocycles. The van der Waals surface area contributed by atoms with Gasteiger partial charge in [-0.1, -0.05) is 35.9 Å². The third-order valence-corrected chi connectivity index (χ3v) is 4.36. The number of hydrogen-bond acceptors (Lipinski definition) is 6. The number of methoxy groups -OCH3 is 1. The lowest BCUT2D eigenvalue weighted by atomic mass is 10.1. The Morgan fingerprint density at radius 2 is 1.87 bits per heavy atom. The lowest BCUT2D eigenvalue weighted by molar-refractivity contribution is -0.139. The van der Waals surface area contributed by atoms with Gasteiger partial charge in [0.1, 0.15) is 5.75 Å². The van der Waals surface area contributed by atoms with Gasteiger partial charge in [-0.2, -0.15) is 5.10 Å². The fourth-order valence-electron chi connectivity index (χ4n) is 2.72. The first-order valence-electron chi connectivity index (χ1n) is 8.66. The van der Waals surface area contributed by atoms with Crippen LogP contribution < -0.4 is 14.9 Å². The maximum atomic E-state index is 12.4. The minimum absolute atomic E-state index is 0.0823. The fourth-order valence-corrected chi connectivity index (χ4v) is 3.00. The van der Waals surface area contributed by atoms with E-state index in [4.69, 9.17) is 26.2 Å². The van der Waals surface area contributed by atoms with E-state index < -0.39 is 18.5 Å². The maximum Gasteiger partial charge on any atom is 0.341 e. The second-order valence-corrected chi connectivity index (χ2v) is 6.54. The average Bonchev–Trinajstić information content (AvgIpc) is 2.71. The molecule has 30 heavy (non-hydrogen) atoms. The molecule has 0 unspecified atom stereocenters. The van der Waals surface area contributed by atoms with E-state index in [0.29, 0.717) is 5.56 Å². The molecule has 3 aromatic carbocycles. The predicted molar refractivity (Wildman–Crippen MR) is 112 cm³/mol. The van der Waals surface area contributed by atoms with Crippen LogP contribution in [0.3, 0.4) is 0 Å². The number of fused-ring (bicyclic) bond motifs is 1. The van der Waals surface area contributed by atoms with Crippen molar-refractivity contribution < 1.29 is 29.3 Å². The maximum absolute atomic E-state index is 12.4. The molecule has 0 aromatic heterocycles. The van der Waals surface area contributed by atoms with Crippen LogP contribution >= 0.6 is 11.6 Å². The first-order chi connectivity index (χ1) is 14.4. The SMILES string of the molecule is COc1cc(C=NNC(=O)c2cc3ccccc3cc2O)cc(Cl)c1OCC(=O)O. The summed E-state index contributed by atoms with van der Waals surface area (Å²) in [4.78, 5) is 23.1. The zero-order chi connectivity index (χ0) is 21.7. The van der Waals surface area contributed by atoms with Gasteiger partial charge in [0.25, 0.3) is 5.91 Å². The van der Waals surface area contributed by atoms with Crippen LogP contribution in [-0.4, -0.2) is 42.0 Å². The van der Waals surface area contributed by atoms with Gasteiger partial charge in [-0.15, -0.1) is 0 Å². The number of hydrazone groups is 1. The summed E-state index contributed by atoms with van der Waals surface area (Å²) < 4.78 is 10.3. The van der Waals surface area contributed by atoms with E-state index in [1.165, 1.54) is 31.5 Å². The molecule has 0 saturated heterocycles. The second-order valence-electron chi connectivity index (χ2n) is 6.13. The van der Waals surface area contributed by atoms with Gasteiger partial charge in [0.05, 0.1) is 23.9 Å². The Hall–Kier alpha value is -3.78. The smallest absolute Gasteiger partial charge is 0.341 e. The monoisotopic (exact) mass is 428 g/mol. The summed E-state index contributed by atoms with van der Waals surface area (Å²) in [5, 5.41) is 24.5. The summed E-state index contributed by atoms with van der Waals surface area (Å²) in [6.45, 7) is -0.575. The van der Waals surface area contributed by atoms with Crippen molar-refractivity contribution in [3.63, 3.8) is 0 Å². The number of ether oxygens (including phenoxy) is 2. The van der Waals surface area contributed by atoms with E-state index in [1.54, 1.807) is 6.07 Å². The number of benzene rings is 3. The molecule has 0 atom stereocenters. The number of phenols is 1. The number of aromatic hydroxyl groups is 1. The molecule has 3 aromatic rings. The topological polar surface area (TPSA) is 117 Å². The lowest BCUT2D eigenvalue weighted by Crippen LogP contribution is -2.17. The highest BCUT2D eigenvalue weighted by atomic mass is 35.5. The van der Waals surface area contributed by atoms with Gasteiger partial charge in [-0.3, -0.25) is 4.79 Å². The summed E-state index contributed by atoms with van der Waals surface area (Å²) in [6, 6.07) is 13.4. The summed E-state index contributed by atoms with van der Waals surface area (Å²) >= 11 is 6.13. The van der Waals surface area contributed by atoms with Crippen molar-refractivity contribution in [1.29, 1.82) is 0 Å². The molecule has 1 amide bonds. The van der Waals surface area contributed by atoms with E-state index in [0.717, 1.165) is 10.8 Å². The minimum Gasteiger partial charge on any atom is -0.507 e. The van der Waals surface area contributed by atoms with Crippen LogP contribution in [0.4, 0.5) is 0 Å². The Morgan fingerprint density at radius 1 is 1.17 bits per heavy atom. The van der Waals surface area contributed by atoms with Crippen molar-refractivity contribution >= 4 is 40.5 Å². The number of hydrogen-bond donors (Lipinski definition) is 3.